The minimum Gasteiger partial charge on any atom is -0.336 e. The predicted molar refractivity (Wildman–Crippen MR) is 134 cm³/mol. The number of sulfonamides is 1. The maximum absolute atomic E-state index is 14.5. The Kier molecular flexibility index (Phi) is 5.12. The van der Waals surface area contributed by atoms with Gasteiger partial charge in [0.2, 0.25) is 10.0 Å². The van der Waals surface area contributed by atoms with Crippen molar-refractivity contribution in [3.63, 3.8) is 0 Å². The fraction of sp³-hybridized carbons (Fsp3) is 0.0833. The van der Waals surface area contributed by atoms with Crippen LogP contribution in [0.5, 0.6) is 0 Å². The first-order valence-electron chi connectivity index (χ1n) is 10.9. The third-order valence-electron chi connectivity index (χ3n) is 5.75. The number of hydrogen-bond acceptors (Lipinski definition) is 6. The summed E-state index contributed by atoms with van der Waals surface area (Å²) in [6.07, 6.45) is 4.52. The molecule has 36 heavy (non-hydrogen) atoms. The average molecular weight is 503 g/mol. The number of para-hydroxylation sites is 1. The smallest absolute Gasteiger partial charge is 0.209 e. The van der Waals surface area contributed by atoms with Crippen LogP contribution in [-0.4, -0.2) is 50.0 Å². The molecular weight excluding hydrogens is 483 g/mol. The van der Waals surface area contributed by atoms with Gasteiger partial charge in [0.15, 0.2) is 11.5 Å². The first kappa shape index (κ1) is 22.1. The van der Waals surface area contributed by atoms with E-state index in [2.05, 4.69) is 30.1 Å². The van der Waals surface area contributed by atoms with Crippen LogP contribution in [0.3, 0.4) is 0 Å². The zero-order valence-corrected chi connectivity index (χ0v) is 19.7. The molecule has 2 aromatic carbocycles. The molecule has 180 valence electrons. The van der Waals surface area contributed by atoms with Crippen molar-refractivity contribution in [2.24, 2.45) is 0 Å². The molecule has 0 aliphatic heterocycles. The predicted octanol–water partition coefficient (Wildman–Crippen LogP) is 3.75. The van der Waals surface area contributed by atoms with Crippen LogP contribution in [0.1, 0.15) is 5.56 Å². The number of pyridine rings is 1. The van der Waals surface area contributed by atoms with Gasteiger partial charge in [-0.05, 0) is 47.5 Å². The highest BCUT2D eigenvalue weighted by Gasteiger charge is 2.17. The zero-order valence-electron chi connectivity index (χ0n) is 18.9. The van der Waals surface area contributed by atoms with Crippen LogP contribution in [0.4, 0.5) is 4.39 Å². The van der Waals surface area contributed by atoms with Crippen LogP contribution in [0, 0.1) is 5.82 Å². The second-order valence-electron chi connectivity index (χ2n) is 8.38. The van der Waals surface area contributed by atoms with Crippen molar-refractivity contribution in [2.75, 3.05) is 6.26 Å². The van der Waals surface area contributed by atoms with E-state index in [0.29, 0.717) is 39.2 Å². The number of nitrogens with zero attached hydrogens (tertiary/aromatic N) is 4. The Bertz CT molecular complexity index is 1840. The molecule has 10 nitrogen and oxygen atoms in total. The lowest BCUT2D eigenvalue weighted by Gasteiger charge is -2.08. The molecule has 0 atom stereocenters. The molecule has 0 fully saturated rings. The summed E-state index contributed by atoms with van der Waals surface area (Å²) >= 11 is 0. The van der Waals surface area contributed by atoms with Crippen LogP contribution < -0.4 is 4.72 Å². The Morgan fingerprint density at radius 1 is 1.00 bits per heavy atom. The molecule has 4 aromatic heterocycles. The highest BCUT2D eigenvalue weighted by atomic mass is 32.2. The van der Waals surface area contributed by atoms with E-state index in [0.717, 1.165) is 28.5 Å². The van der Waals surface area contributed by atoms with Crippen molar-refractivity contribution < 1.29 is 12.8 Å². The Labute approximate surface area is 204 Å². The first-order valence-corrected chi connectivity index (χ1v) is 12.8. The number of aromatic nitrogens is 7. The summed E-state index contributed by atoms with van der Waals surface area (Å²) in [4.78, 5) is 12.8. The second kappa shape index (κ2) is 8.36. The van der Waals surface area contributed by atoms with E-state index in [1.54, 1.807) is 18.5 Å². The highest BCUT2D eigenvalue weighted by molar-refractivity contribution is 7.88. The van der Waals surface area contributed by atoms with E-state index in [9.17, 15) is 12.8 Å². The molecule has 4 heterocycles. The van der Waals surface area contributed by atoms with Crippen LogP contribution in [0.15, 0.2) is 60.9 Å². The van der Waals surface area contributed by atoms with Gasteiger partial charge >= 0.3 is 0 Å². The van der Waals surface area contributed by atoms with Gasteiger partial charge in [-0.2, -0.15) is 10.2 Å². The van der Waals surface area contributed by atoms with Gasteiger partial charge in [0.25, 0.3) is 0 Å². The first-order chi connectivity index (χ1) is 17.3. The summed E-state index contributed by atoms with van der Waals surface area (Å²) in [5, 5.41) is 14.2. The number of aromatic amines is 3. The molecule has 0 aliphatic carbocycles. The number of halogens is 1. The summed E-state index contributed by atoms with van der Waals surface area (Å²) in [7, 11) is -3.42. The summed E-state index contributed by atoms with van der Waals surface area (Å²) in [6, 6.07) is 13.8. The number of nitrogens with one attached hydrogen (secondary N) is 4. The molecule has 6 rings (SSSR count). The molecule has 0 unspecified atom stereocenters. The molecule has 0 radical (unpaired) electrons. The Morgan fingerprint density at radius 3 is 2.69 bits per heavy atom. The van der Waals surface area contributed by atoms with Gasteiger partial charge in [-0.25, -0.2) is 27.5 Å². The zero-order chi connectivity index (χ0) is 24.9. The van der Waals surface area contributed by atoms with Crippen molar-refractivity contribution in [3.8, 4) is 33.9 Å². The number of benzene rings is 2. The molecule has 4 N–H and O–H groups in total. The maximum atomic E-state index is 14.5. The largest absolute Gasteiger partial charge is 0.336 e. The van der Waals surface area contributed by atoms with E-state index in [4.69, 9.17) is 9.97 Å². The van der Waals surface area contributed by atoms with Gasteiger partial charge in [-0.15, -0.1) is 0 Å². The van der Waals surface area contributed by atoms with Gasteiger partial charge in [0, 0.05) is 23.9 Å². The maximum Gasteiger partial charge on any atom is 0.209 e. The summed E-state index contributed by atoms with van der Waals surface area (Å²) in [6.45, 7) is -0.0185. The molecule has 6 aromatic rings. The standard InChI is InChI=1S/C24H19FN8O2S/c1-36(34,35)28-10-13-7-14(9-16(25)8-13)17-3-2-4-19-21(17)31-24(30-19)23-22-20(32-33-23)6-5-18(29-22)15-11-26-27-12-15/h2-9,11-12,28H,10H2,1H3,(H,26,27)(H,30,31)(H,32,33). The fourth-order valence-corrected chi connectivity index (χ4v) is 4.54. The Balaban J connectivity index is 1.44. The van der Waals surface area contributed by atoms with Crippen molar-refractivity contribution in [1.29, 1.82) is 0 Å². The van der Waals surface area contributed by atoms with Crippen molar-refractivity contribution in [3.05, 3.63) is 72.3 Å². The molecule has 0 spiro atoms. The summed E-state index contributed by atoms with van der Waals surface area (Å²) < 4.78 is 39.8. The number of fused-ring (bicyclic) bond motifs is 2. The van der Waals surface area contributed by atoms with E-state index in [-0.39, 0.29) is 6.54 Å². The molecule has 0 saturated heterocycles. The third kappa shape index (κ3) is 4.12. The monoisotopic (exact) mass is 502 g/mol. The van der Waals surface area contributed by atoms with E-state index in [1.807, 2.05) is 30.3 Å². The lowest BCUT2D eigenvalue weighted by molar-refractivity contribution is 0.586. The lowest BCUT2D eigenvalue weighted by Crippen LogP contribution is -2.21. The lowest BCUT2D eigenvalue weighted by atomic mass is 10.0. The third-order valence-corrected chi connectivity index (χ3v) is 6.41. The van der Waals surface area contributed by atoms with Crippen molar-refractivity contribution >= 4 is 32.1 Å². The van der Waals surface area contributed by atoms with Crippen molar-refractivity contribution in [2.45, 2.75) is 6.54 Å². The van der Waals surface area contributed by atoms with Crippen LogP contribution in [0.2, 0.25) is 0 Å². The van der Waals surface area contributed by atoms with E-state index < -0.39 is 15.8 Å². The molecule has 0 aliphatic rings. The van der Waals surface area contributed by atoms with Crippen LogP contribution in [-0.2, 0) is 16.6 Å². The fourth-order valence-electron chi connectivity index (χ4n) is 4.12. The minimum absolute atomic E-state index is 0.0185. The Hall–Kier alpha value is -4.42. The summed E-state index contributed by atoms with van der Waals surface area (Å²) in [5.41, 5.74) is 6.69. The molecule has 12 heteroatoms. The number of hydrogen-bond donors (Lipinski definition) is 4. The molecule has 0 saturated carbocycles. The highest BCUT2D eigenvalue weighted by Crippen LogP contribution is 2.32. The van der Waals surface area contributed by atoms with Gasteiger partial charge in [0.05, 0.1) is 34.7 Å². The van der Waals surface area contributed by atoms with E-state index in [1.165, 1.54) is 12.1 Å². The second-order valence-corrected chi connectivity index (χ2v) is 10.2. The normalized spacial score (nSPS) is 12.1. The topological polar surface area (TPSA) is 145 Å². The Morgan fingerprint density at radius 2 is 1.89 bits per heavy atom. The van der Waals surface area contributed by atoms with Gasteiger partial charge in [-0.3, -0.25) is 10.2 Å². The van der Waals surface area contributed by atoms with E-state index >= 15 is 0 Å². The number of rotatable bonds is 6. The minimum atomic E-state index is -3.42. The molecule has 0 amide bonds. The molecular formula is C24H19FN8O2S. The number of H-pyrrole nitrogens is 3. The van der Waals surface area contributed by atoms with Gasteiger partial charge in [0.1, 0.15) is 11.3 Å². The van der Waals surface area contributed by atoms with Crippen molar-refractivity contribution in [1.82, 2.24) is 40.1 Å². The van der Waals surface area contributed by atoms with Gasteiger partial charge < -0.3 is 4.98 Å². The average Bonchev–Trinajstić information content (AvgIpc) is 3.60. The van der Waals surface area contributed by atoms with Crippen LogP contribution >= 0.6 is 0 Å². The molecule has 0 bridgehead atoms. The quantitative estimate of drug-likeness (QED) is 0.273. The number of imidazole rings is 1. The van der Waals surface area contributed by atoms with Crippen LogP contribution in [0.25, 0.3) is 56.0 Å². The van der Waals surface area contributed by atoms with Gasteiger partial charge in [-0.1, -0.05) is 12.1 Å². The SMILES string of the molecule is CS(=O)(=O)NCc1cc(F)cc(-c2cccc3[nH]c(-c4n[nH]c5ccc(-c6cn[nH]c6)nc45)nc23)c1. The summed E-state index contributed by atoms with van der Waals surface area (Å²) in [5.74, 6) is 0.0377.